The highest BCUT2D eigenvalue weighted by Crippen LogP contribution is 2.34. The van der Waals surface area contributed by atoms with Crippen LogP contribution in [0.3, 0.4) is 0 Å². The predicted octanol–water partition coefficient (Wildman–Crippen LogP) is 4.86. The van der Waals surface area contributed by atoms with E-state index in [2.05, 4.69) is 19.2 Å². The number of likely N-dealkylation sites (tertiary alicyclic amines) is 1. The minimum absolute atomic E-state index is 0.131. The molecule has 0 spiro atoms. The minimum atomic E-state index is -0.353. The Morgan fingerprint density at radius 1 is 1.00 bits per heavy atom. The smallest absolute Gasteiger partial charge is 0.262 e. The summed E-state index contributed by atoms with van der Waals surface area (Å²) in [6.07, 6.45) is 4.04. The molecule has 1 heterocycles. The van der Waals surface area contributed by atoms with Crippen LogP contribution in [0, 0.1) is 0 Å². The molecule has 33 heavy (non-hydrogen) atoms. The third-order valence-electron chi connectivity index (χ3n) is 6.09. The molecule has 0 radical (unpaired) electrons. The van der Waals surface area contributed by atoms with E-state index < -0.39 is 0 Å². The first-order valence-corrected chi connectivity index (χ1v) is 11.5. The highest BCUT2D eigenvalue weighted by molar-refractivity contribution is 6.05. The lowest BCUT2D eigenvalue weighted by Gasteiger charge is -2.28. The van der Waals surface area contributed by atoms with Gasteiger partial charge < -0.3 is 24.4 Å². The van der Waals surface area contributed by atoms with Gasteiger partial charge >= 0.3 is 0 Å². The molecule has 0 bridgehead atoms. The third-order valence-corrected chi connectivity index (χ3v) is 6.09. The largest absolute Gasteiger partial charge is 0.493 e. The molecule has 1 unspecified atom stereocenters. The number of methoxy groups -OCH3 is 2. The van der Waals surface area contributed by atoms with Crippen molar-refractivity contribution >= 4 is 17.5 Å². The van der Waals surface area contributed by atoms with E-state index in [1.165, 1.54) is 14.2 Å². The molecule has 2 amide bonds. The molecule has 2 aromatic carbocycles. The molecule has 0 saturated carbocycles. The number of piperidine rings is 1. The van der Waals surface area contributed by atoms with Crippen molar-refractivity contribution in [3.63, 3.8) is 0 Å². The summed E-state index contributed by atoms with van der Waals surface area (Å²) < 4.78 is 16.6. The van der Waals surface area contributed by atoms with Gasteiger partial charge in [0.1, 0.15) is 5.75 Å². The lowest BCUT2D eigenvalue weighted by molar-refractivity contribution is -0.118. The zero-order valence-corrected chi connectivity index (χ0v) is 20.0. The van der Waals surface area contributed by atoms with Gasteiger partial charge in [0.25, 0.3) is 11.8 Å². The molecule has 7 nitrogen and oxygen atoms in total. The van der Waals surface area contributed by atoms with Crippen LogP contribution in [0.5, 0.6) is 17.2 Å². The van der Waals surface area contributed by atoms with Gasteiger partial charge in [0.15, 0.2) is 18.1 Å². The van der Waals surface area contributed by atoms with E-state index in [1.807, 2.05) is 29.2 Å². The van der Waals surface area contributed by atoms with Crippen molar-refractivity contribution in [1.29, 1.82) is 0 Å². The number of carbonyl (C=O) groups is 2. The van der Waals surface area contributed by atoms with Gasteiger partial charge in [-0.15, -0.1) is 0 Å². The summed E-state index contributed by atoms with van der Waals surface area (Å²) in [7, 11) is 3.04. The second-order valence-corrected chi connectivity index (χ2v) is 8.29. The van der Waals surface area contributed by atoms with Crippen LogP contribution in [-0.4, -0.2) is 50.6 Å². The van der Waals surface area contributed by atoms with Gasteiger partial charge in [0.2, 0.25) is 0 Å². The summed E-state index contributed by atoms with van der Waals surface area (Å²) >= 11 is 0. The van der Waals surface area contributed by atoms with E-state index in [-0.39, 0.29) is 18.4 Å². The van der Waals surface area contributed by atoms with Crippen LogP contribution in [0.15, 0.2) is 36.4 Å². The van der Waals surface area contributed by atoms with Crippen LogP contribution in [0.2, 0.25) is 0 Å². The monoisotopic (exact) mass is 454 g/mol. The van der Waals surface area contributed by atoms with Crippen LogP contribution in [0.4, 0.5) is 5.69 Å². The average molecular weight is 455 g/mol. The number of benzene rings is 2. The van der Waals surface area contributed by atoms with Gasteiger partial charge in [-0.3, -0.25) is 9.59 Å². The number of rotatable bonds is 9. The quantitative estimate of drug-likeness (QED) is 0.585. The number of nitrogens with zero attached hydrogens (tertiary/aromatic N) is 1. The number of ether oxygens (including phenoxy) is 3. The van der Waals surface area contributed by atoms with Crippen molar-refractivity contribution in [1.82, 2.24) is 4.90 Å². The Bertz CT molecular complexity index is 969. The number of amides is 2. The molecule has 1 aliphatic rings. The number of para-hydroxylation sites is 1. The standard InChI is InChI=1S/C26H34N2O5/c1-5-18(2)19-11-7-8-12-22(19)33-17-25(29)27-21-16-24(32-4)23(31-3)15-20(21)26(30)28-13-9-6-10-14-28/h7-8,11-12,15-16,18H,5-6,9-10,13-14,17H2,1-4H3,(H,27,29). The van der Waals surface area contributed by atoms with E-state index in [0.29, 0.717) is 47.5 Å². The summed E-state index contributed by atoms with van der Waals surface area (Å²) in [5.74, 6) is 1.41. The van der Waals surface area contributed by atoms with Crippen molar-refractivity contribution in [2.24, 2.45) is 0 Å². The molecule has 0 aliphatic carbocycles. The Hall–Kier alpha value is -3.22. The number of nitrogens with one attached hydrogen (secondary N) is 1. The van der Waals surface area contributed by atoms with Crippen LogP contribution < -0.4 is 19.5 Å². The minimum Gasteiger partial charge on any atom is -0.493 e. The summed E-state index contributed by atoms with van der Waals surface area (Å²) in [5, 5.41) is 2.84. The summed E-state index contributed by atoms with van der Waals surface area (Å²) in [4.78, 5) is 27.9. The first-order valence-electron chi connectivity index (χ1n) is 11.5. The van der Waals surface area contributed by atoms with Gasteiger partial charge in [-0.05, 0) is 49.3 Å². The molecule has 0 aromatic heterocycles. The third kappa shape index (κ3) is 5.97. The average Bonchev–Trinajstić information content (AvgIpc) is 2.86. The lowest BCUT2D eigenvalue weighted by atomic mass is 9.98. The molecule has 7 heteroatoms. The molecular weight excluding hydrogens is 420 g/mol. The zero-order valence-electron chi connectivity index (χ0n) is 20.0. The van der Waals surface area contributed by atoms with E-state index in [4.69, 9.17) is 14.2 Å². The van der Waals surface area contributed by atoms with E-state index in [0.717, 1.165) is 31.2 Å². The van der Waals surface area contributed by atoms with Crippen molar-refractivity contribution < 1.29 is 23.8 Å². The lowest BCUT2D eigenvalue weighted by Crippen LogP contribution is -2.36. The molecule has 1 N–H and O–H groups in total. The number of anilines is 1. The van der Waals surface area contributed by atoms with E-state index in [9.17, 15) is 9.59 Å². The topological polar surface area (TPSA) is 77.1 Å². The number of hydrogen-bond acceptors (Lipinski definition) is 5. The molecule has 1 aliphatic heterocycles. The van der Waals surface area contributed by atoms with Crippen molar-refractivity contribution in [3.8, 4) is 17.2 Å². The molecular formula is C26H34N2O5. The maximum atomic E-state index is 13.2. The Labute approximate surface area is 196 Å². The SMILES string of the molecule is CCC(C)c1ccccc1OCC(=O)Nc1cc(OC)c(OC)cc1C(=O)N1CCCCC1. The normalized spacial score (nSPS) is 14.4. The maximum Gasteiger partial charge on any atom is 0.262 e. The molecule has 3 rings (SSSR count). The first kappa shape index (κ1) is 24.4. The fourth-order valence-corrected chi connectivity index (χ4v) is 4.00. The Balaban J connectivity index is 1.80. The predicted molar refractivity (Wildman–Crippen MR) is 129 cm³/mol. The van der Waals surface area contributed by atoms with Crippen molar-refractivity contribution in [2.75, 3.05) is 39.2 Å². The second kappa shape index (κ2) is 11.6. The Kier molecular flexibility index (Phi) is 8.58. The van der Waals surface area contributed by atoms with Gasteiger partial charge in [0.05, 0.1) is 25.5 Å². The molecule has 1 saturated heterocycles. The van der Waals surface area contributed by atoms with Crippen LogP contribution in [0.25, 0.3) is 0 Å². The van der Waals surface area contributed by atoms with Crippen molar-refractivity contribution in [2.45, 2.75) is 45.4 Å². The first-order chi connectivity index (χ1) is 16.0. The summed E-state index contributed by atoms with van der Waals surface area (Å²) in [6, 6.07) is 11.0. The second-order valence-electron chi connectivity index (χ2n) is 8.29. The molecule has 1 atom stereocenters. The zero-order chi connectivity index (χ0) is 23.8. The van der Waals surface area contributed by atoms with Gasteiger partial charge in [-0.25, -0.2) is 0 Å². The number of carbonyl (C=O) groups excluding carboxylic acids is 2. The molecule has 178 valence electrons. The fraction of sp³-hybridized carbons (Fsp3) is 0.462. The summed E-state index contributed by atoms with van der Waals surface area (Å²) in [6.45, 7) is 5.49. The van der Waals surface area contributed by atoms with Gasteiger partial charge in [-0.1, -0.05) is 32.0 Å². The van der Waals surface area contributed by atoms with Crippen LogP contribution in [0.1, 0.15) is 61.4 Å². The van der Waals surface area contributed by atoms with Gasteiger partial charge in [0, 0.05) is 19.2 Å². The molecule has 2 aromatic rings. The Morgan fingerprint density at radius 3 is 2.33 bits per heavy atom. The van der Waals surface area contributed by atoms with Crippen LogP contribution in [-0.2, 0) is 4.79 Å². The highest BCUT2D eigenvalue weighted by Gasteiger charge is 2.24. The highest BCUT2D eigenvalue weighted by atomic mass is 16.5. The van der Waals surface area contributed by atoms with Crippen molar-refractivity contribution in [3.05, 3.63) is 47.5 Å². The van der Waals surface area contributed by atoms with Gasteiger partial charge in [-0.2, -0.15) is 0 Å². The maximum absolute atomic E-state index is 13.2. The van der Waals surface area contributed by atoms with E-state index in [1.54, 1.807) is 12.1 Å². The number of hydrogen-bond donors (Lipinski definition) is 1. The fourth-order valence-electron chi connectivity index (χ4n) is 4.00. The van der Waals surface area contributed by atoms with E-state index >= 15 is 0 Å². The van der Waals surface area contributed by atoms with Crippen LogP contribution >= 0.6 is 0 Å². The Morgan fingerprint density at radius 2 is 1.67 bits per heavy atom. The summed E-state index contributed by atoms with van der Waals surface area (Å²) in [5.41, 5.74) is 1.83. The molecule has 1 fully saturated rings.